The normalized spacial score (nSPS) is 23.0. The Bertz CT molecular complexity index is 1030. The summed E-state index contributed by atoms with van der Waals surface area (Å²) in [5, 5.41) is 9.61. The Morgan fingerprint density at radius 1 is 1.29 bits per heavy atom. The van der Waals surface area contributed by atoms with Gasteiger partial charge in [-0.05, 0) is 36.8 Å². The Kier molecular flexibility index (Phi) is 7.24. The molecule has 3 rings (SSSR count). The predicted octanol–water partition coefficient (Wildman–Crippen LogP) is 2.90. The number of nitrogens with zero attached hydrogens (tertiary/aromatic N) is 4. The van der Waals surface area contributed by atoms with Gasteiger partial charge in [0.2, 0.25) is 0 Å². The highest BCUT2D eigenvalue weighted by Crippen LogP contribution is 2.36. The second kappa shape index (κ2) is 9.55. The summed E-state index contributed by atoms with van der Waals surface area (Å²) in [6.45, 7) is 8.61. The van der Waals surface area contributed by atoms with Gasteiger partial charge < -0.3 is 9.64 Å². The van der Waals surface area contributed by atoms with Gasteiger partial charge in [-0.3, -0.25) is 19.1 Å². The van der Waals surface area contributed by atoms with Gasteiger partial charge in [0.1, 0.15) is 21.8 Å². The predicted molar refractivity (Wildman–Crippen MR) is 128 cm³/mol. The Balaban J connectivity index is 2.15. The van der Waals surface area contributed by atoms with Gasteiger partial charge in [0.05, 0.1) is 18.1 Å². The van der Waals surface area contributed by atoms with Crippen molar-refractivity contribution in [3.8, 4) is 6.07 Å². The molecule has 7 nitrogen and oxygen atoms in total. The number of thioether (sulfide) groups is 1. The molecule has 0 spiro atoms. The molecule has 0 aliphatic carbocycles. The van der Waals surface area contributed by atoms with Crippen LogP contribution >= 0.6 is 24.0 Å². The first-order valence-electron chi connectivity index (χ1n) is 10.3. The van der Waals surface area contributed by atoms with Gasteiger partial charge in [0.25, 0.3) is 11.5 Å². The fourth-order valence-corrected chi connectivity index (χ4v) is 5.73. The Morgan fingerprint density at radius 3 is 2.52 bits per heavy atom. The Morgan fingerprint density at radius 2 is 1.94 bits per heavy atom. The van der Waals surface area contributed by atoms with Crippen LogP contribution in [-0.4, -0.2) is 53.0 Å². The van der Waals surface area contributed by atoms with E-state index in [1.54, 1.807) is 31.7 Å². The van der Waals surface area contributed by atoms with Gasteiger partial charge in [0.15, 0.2) is 0 Å². The van der Waals surface area contributed by atoms with Crippen LogP contribution in [0.4, 0.5) is 5.82 Å². The zero-order valence-corrected chi connectivity index (χ0v) is 20.2. The number of ether oxygens (including phenoxy) is 1. The van der Waals surface area contributed by atoms with E-state index >= 15 is 0 Å². The van der Waals surface area contributed by atoms with E-state index in [1.165, 1.54) is 16.7 Å². The average molecular weight is 461 g/mol. The van der Waals surface area contributed by atoms with Gasteiger partial charge in [-0.25, -0.2) is 0 Å². The largest absolute Gasteiger partial charge is 0.383 e. The number of piperidine rings is 1. The second-order valence-electron chi connectivity index (χ2n) is 8.39. The second-order valence-corrected chi connectivity index (χ2v) is 10.1. The van der Waals surface area contributed by atoms with Crippen LogP contribution < -0.4 is 10.5 Å². The van der Waals surface area contributed by atoms with E-state index in [9.17, 15) is 14.9 Å². The molecule has 31 heavy (non-hydrogen) atoms. The molecule has 2 aliphatic rings. The summed E-state index contributed by atoms with van der Waals surface area (Å²) in [5.41, 5.74) is 1.11. The van der Waals surface area contributed by atoms with E-state index in [0.717, 1.165) is 30.9 Å². The lowest BCUT2D eigenvalue weighted by atomic mass is 9.91. The zero-order valence-electron chi connectivity index (χ0n) is 18.6. The van der Waals surface area contributed by atoms with Gasteiger partial charge in [-0.2, -0.15) is 5.26 Å². The number of methoxy groups -OCH3 is 1. The minimum absolute atomic E-state index is 0.102. The fourth-order valence-electron chi connectivity index (χ4n) is 4.44. The van der Waals surface area contributed by atoms with Gasteiger partial charge >= 0.3 is 0 Å². The number of nitriles is 1. The van der Waals surface area contributed by atoms with Crippen molar-refractivity contribution in [1.82, 2.24) is 9.47 Å². The topological polar surface area (TPSA) is 78.6 Å². The number of aromatic nitrogens is 1. The highest BCUT2D eigenvalue weighted by Gasteiger charge is 2.33. The van der Waals surface area contributed by atoms with Crippen LogP contribution in [0.15, 0.2) is 9.70 Å². The molecule has 1 amide bonds. The quantitative estimate of drug-likeness (QED) is 0.494. The lowest BCUT2D eigenvalue weighted by Crippen LogP contribution is -2.42. The van der Waals surface area contributed by atoms with Crippen molar-refractivity contribution in [3.63, 3.8) is 0 Å². The molecule has 2 fully saturated rings. The molecule has 1 aromatic rings. The van der Waals surface area contributed by atoms with E-state index in [-0.39, 0.29) is 17.0 Å². The smallest absolute Gasteiger partial charge is 0.270 e. The van der Waals surface area contributed by atoms with Crippen molar-refractivity contribution >= 4 is 46.1 Å². The molecule has 1 aromatic heterocycles. The van der Waals surface area contributed by atoms with E-state index in [2.05, 4.69) is 18.7 Å². The van der Waals surface area contributed by atoms with Crippen LogP contribution in [0.1, 0.15) is 37.0 Å². The van der Waals surface area contributed by atoms with E-state index in [1.807, 2.05) is 6.07 Å². The number of carbonyl (C=O) groups excluding carboxylic acids is 1. The van der Waals surface area contributed by atoms with Crippen LogP contribution in [0, 0.1) is 30.1 Å². The maximum absolute atomic E-state index is 13.0. The number of pyridine rings is 1. The molecule has 0 aromatic carbocycles. The van der Waals surface area contributed by atoms with E-state index in [0.29, 0.717) is 39.8 Å². The average Bonchev–Trinajstić information content (AvgIpc) is 2.97. The summed E-state index contributed by atoms with van der Waals surface area (Å²) in [4.78, 5) is 30.1. The van der Waals surface area contributed by atoms with Crippen LogP contribution in [-0.2, 0) is 16.6 Å². The number of amides is 1. The van der Waals surface area contributed by atoms with E-state index < -0.39 is 0 Å². The highest BCUT2D eigenvalue weighted by atomic mass is 32.2. The first-order chi connectivity index (χ1) is 14.7. The third-order valence-electron chi connectivity index (χ3n) is 5.80. The lowest BCUT2D eigenvalue weighted by molar-refractivity contribution is -0.122. The molecule has 0 radical (unpaired) electrons. The summed E-state index contributed by atoms with van der Waals surface area (Å²) in [5.74, 6) is 1.54. The minimum atomic E-state index is -0.314. The van der Waals surface area contributed by atoms with Crippen LogP contribution in [0.25, 0.3) is 6.08 Å². The summed E-state index contributed by atoms with van der Waals surface area (Å²) in [6, 6.07) is 2.05. The number of anilines is 1. The molecular weight excluding hydrogens is 432 g/mol. The van der Waals surface area contributed by atoms with Crippen LogP contribution in [0.2, 0.25) is 0 Å². The first kappa shape index (κ1) is 23.5. The summed E-state index contributed by atoms with van der Waals surface area (Å²) in [7, 11) is 3.28. The summed E-state index contributed by atoms with van der Waals surface area (Å²) >= 11 is 6.64. The highest BCUT2D eigenvalue weighted by molar-refractivity contribution is 8.26. The minimum Gasteiger partial charge on any atom is -0.383 e. The van der Waals surface area contributed by atoms with E-state index in [4.69, 9.17) is 17.0 Å². The molecule has 0 N–H and O–H groups in total. The number of hydrogen-bond acceptors (Lipinski definition) is 7. The number of carbonyl (C=O) groups is 1. The van der Waals surface area contributed by atoms with Crippen molar-refractivity contribution in [3.05, 3.63) is 31.9 Å². The first-order valence-corrected chi connectivity index (χ1v) is 11.5. The zero-order chi connectivity index (χ0) is 22.9. The maximum Gasteiger partial charge on any atom is 0.270 e. The molecule has 2 unspecified atom stereocenters. The fraction of sp³-hybridized carbons (Fsp3) is 0.545. The van der Waals surface area contributed by atoms with Gasteiger partial charge in [-0.15, -0.1) is 0 Å². The summed E-state index contributed by atoms with van der Waals surface area (Å²) < 4.78 is 7.12. The summed E-state index contributed by atoms with van der Waals surface area (Å²) in [6.07, 6.45) is 2.92. The molecule has 166 valence electrons. The molecule has 2 saturated heterocycles. The van der Waals surface area contributed by atoms with Crippen molar-refractivity contribution < 1.29 is 9.53 Å². The third kappa shape index (κ3) is 4.56. The van der Waals surface area contributed by atoms with Gasteiger partial charge in [-0.1, -0.05) is 37.8 Å². The molecule has 2 atom stereocenters. The number of hydrogen-bond donors (Lipinski definition) is 0. The molecule has 9 heteroatoms. The molecule has 3 heterocycles. The van der Waals surface area contributed by atoms with Crippen molar-refractivity contribution in [2.24, 2.45) is 18.9 Å². The number of rotatable bonds is 5. The van der Waals surface area contributed by atoms with Crippen LogP contribution in [0.5, 0.6) is 0 Å². The molecule has 2 aliphatic heterocycles. The molecule has 0 saturated carbocycles. The lowest BCUT2D eigenvalue weighted by Gasteiger charge is -2.38. The standard InChI is InChI=1S/C22H28N4O3S2/c1-13-8-14(2)12-25(11-13)19-16(15(3)17(10-23)20(27)24(19)4)9-18-21(28)26(6-7-29-5)22(30)31-18/h9,13-14H,6-8,11-12H2,1-5H3. The molecule has 0 bridgehead atoms. The van der Waals surface area contributed by atoms with Gasteiger partial charge in [0, 0.05) is 32.8 Å². The monoisotopic (exact) mass is 460 g/mol. The Labute approximate surface area is 192 Å². The molecular formula is C22H28N4O3S2. The van der Waals surface area contributed by atoms with Crippen molar-refractivity contribution in [2.45, 2.75) is 27.2 Å². The van der Waals surface area contributed by atoms with Crippen molar-refractivity contribution in [1.29, 1.82) is 5.26 Å². The van der Waals surface area contributed by atoms with Crippen molar-refractivity contribution in [2.75, 3.05) is 38.3 Å². The Hall–Kier alpha value is -2.15. The van der Waals surface area contributed by atoms with Crippen LogP contribution in [0.3, 0.4) is 0 Å². The maximum atomic E-state index is 13.0. The SMILES string of the molecule is COCCN1C(=O)C(=Cc2c(C)c(C#N)c(=O)n(C)c2N2CC(C)CC(C)C2)SC1=S. The third-order valence-corrected chi connectivity index (χ3v) is 7.18. The number of thiocarbonyl (C=S) groups is 1.